The zero-order valence-corrected chi connectivity index (χ0v) is 20.3. The van der Waals surface area contributed by atoms with Crippen molar-refractivity contribution in [1.29, 1.82) is 0 Å². The van der Waals surface area contributed by atoms with Gasteiger partial charge in [0.2, 0.25) is 0 Å². The van der Waals surface area contributed by atoms with Gasteiger partial charge in [0, 0.05) is 18.0 Å². The van der Waals surface area contributed by atoms with E-state index >= 15 is 0 Å². The van der Waals surface area contributed by atoms with Crippen LogP contribution in [0.25, 0.3) is 0 Å². The Morgan fingerprint density at radius 3 is 2.29 bits per heavy atom. The van der Waals surface area contributed by atoms with E-state index < -0.39 is 29.7 Å². The summed E-state index contributed by atoms with van der Waals surface area (Å²) in [6.45, 7) is 16.6. The lowest BCUT2D eigenvalue weighted by Gasteiger charge is -2.36. The van der Waals surface area contributed by atoms with Crippen molar-refractivity contribution in [2.24, 2.45) is 4.36 Å². The molecule has 1 atom stereocenters. The minimum Gasteiger partial charge on any atom is -0.442 e. The number of carbonyl (C=O) groups excluding carboxylic acids is 1. The van der Waals surface area contributed by atoms with Gasteiger partial charge in [-0.25, -0.2) is 9.00 Å². The molecule has 0 heterocycles. The summed E-state index contributed by atoms with van der Waals surface area (Å²) in [6, 6.07) is 6.70. The van der Waals surface area contributed by atoms with Gasteiger partial charge in [-0.1, -0.05) is 26.8 Å². The van der Waals surface area contributed by atoms with E-state index in [0.29, 0.717) is 23.6 Å². The molecule has 0 spiro atoms. The summed E-state index contributed by atoms with van der Waals surface area (Å²) < 4.78 is 29.0. The van der Waals surface area contributed by atoms with Crippen molar-refractivity contribution in [2.75, 3.05) is 18.1 Å². The van der Waals surface area contributed by atoms with E-state index in [0.717, 1.165) is 0 Å². The second kappa shape index (κ2) is 8.96. The van der Waals surface area contributed by atoms with Crippen LogP contribution in [0.5, 0.6) is 0 Å². The molecule has 28 heavy (non-hydrogen) atoms. The highest BCUT2D eigenvalue weighted by atomic mass is 32.2. The molecule has 6 nitrogen and oxygen atoms in total. The molecule has 0 radical (unpaired) electrons. The summed E-state index contributed by atoms with van der Waals surface area (Å²) in [5.74, 6) is 0.199. The van der Waals surface area contributed by atoms with Crippen LogP contribution in [0, 0.1) is 0 Å². The highest BCUT2D eigenvalue weighted by Crippen LogP contribution is 2.36. The Morgan fingerprint density at radius 1 is 1.18 bits per heavy atom. The summed E-state index contributed by atoms with van der Waals surface area (Å²) in [6.07, 6.45) is -0.308. The van der Waals surface area contributed by atoms with E-state index in [1.807, 2.05) is 0 Å². The molecular formula is C20H36N2O4SSi. The number of nitrogens with zero attached hydrogens (tertiary/aromatic N) is 1. The molecule has 0 fully saturated rings. The van der Waals surface area contributed by atoms with Crippen molar-refractivity contribution in [1.82, 2.24) is 0 Å². The van der Waals surface area contributed by atoms with Gasteiger partial charge >= 0.3 is 6.09 Å². The van der Waals surface area contributed by atoms with Crippen molar-refractivity contribution < 1.29 is 18.2 Å². The largest absolute Gasteiger partial charge is 0.442 e. The van der Waals surface area contributed by atoms with Crippen LogP contribution in [-0.2, 0) is 18.9 Å². The van der Waals surface area contributed by atoms with Crippen LogP contribution in [0.2, 0.25) is 18.1 Å². The fourth-order valence-electron chi connectivity index (χ4n) is 2.13. The van der Waals surface area contributed by atoms with Crippen molar-refractivity contribution >= 4 is 29.8 Å². The minimum atomic E-state index is -3.01. The Bertz CT molecular complexity index is 801. The number of carbonyl (C=O) groups is 1. The van der Waals surface area contributed by atoms with Crippen LogP contribution in [0.3, 0.4) is 0 Å². The molecule has 0 aliphatic heterocycles. The number of nitrogen functional groups attached to an aromatic ring is 1. The second-order valence-corrected chi connectivity index (χ2v) is 16.6. The quantitative estimate of drug-likeness (QED) is 0.370. The average molecular weight is 429 g/mol. The van der Waals surface area contributed by atoms with Crippen LogP contribution in [0.1, 0.15) is 48.0 Å². The van der Waals surface area contributed by atoms with Gasteiger partial charge in [0.1, 0.15) is 5.60 Å². The third-order valence-corrected chi connectivity index (χ3v) is 11.5. The van der Waals surface area contributed by atoms with Crippen molar-refractivity contribution in [2.45, 2.75) is 76.6 Å². The first-order valence-corrected chi connectivity index (χ1v) is 14.1. The lowest BCUT2D eigenvalue weighted by atomic mass is 10.2. The van der Waals surface area contributed by atoms with E-state index in [1.54, 1.807) is 45.0 Å². The van der Waals surface area contributed by atoms with E-state index in [9.17, 15) is 9.00 Å². The van der Waals surface area contributed by atoms with Gasteiger partial charge in [-0.3, -0.25) is 0 Å². The first-order chi connectivity index (χ1) is 12.6. The Balaban J connectivity index is 3.04. The number of benzene rings is 1. The van der Waals surface area contributed by atoms with Crippen LogP contribution in [-0.4, -0.2) is 36.6 Å². The lowest BCUT2D eigenvalue weighted by molar-refractivity contribution is 0.0607. The normalized spacial score (nSPS) is 15.0. The number of nitrogens with two attached hydrogens (primary N) is 1. The molecule has 0 bridgehead atoms. The fourth-order valence-corrected chi connectivity index (χ4v) is 5.05. The summed E-state index contributed by atoms with van der Waals surface area (Å²) in [7, 11) is -4.90. The topological polar surface area (TPSA) is 91.0 Å². The molecule has 0 saturated heterocycles. The molecule has 0 aromatic heterocycles. The number of amides is 1. The van der Waals surface area contributed by atoms with Gasteiger partial charge < -0.3 is 14.9 Å². The molecule has 1 aromatic rings. The van der Waals surface area contributed by atoms with Gasteiger partial charge in [0.15, 0.2) is 8.32 Å². The monoisotopic (exact) mass is 428 g/mol. The smallest absolute Gasteiger partial charge is 0.442 e. The molecule has 1 amide bonds. The molecule has 2 N–H and O–H groups in total. The van der Waals surface area contributed by atoms with Gasteiger partial charge in [0.05, 0.1) is 14.6 Å². The molecule has 1 unspecified atom stereocenters. The molecular weight excluding hydrogens is 392 g/mol. The maximum absolute atomic E-state index is 13.6. The van der Waals surface area contributed by atoms with Crippen LogP contribution >= 0.6 is 0 Å². The third kappa shape index (κ3) is 7.56. The van der Waals surface area contributed by atoms with Gasteiger partial charge in [-0.15, -0.1) is 4.36 Å². The fraction of sp³-hybridized carbons (Fsp3) is 0.650. The second-order valence-electron chi connectivity index (χ2n) is 9.45. The number of hydrogen-bond acceptors (Lipinski definition) is 5. The van der Waals surface area contributed by atoms with E-state index in [2.05, 4.69) is 38.2 Å². The predicted molar refractivity (Wildman–Crippen MR) is 119 cm³/mol. The molecule has 0 aliphatic carbocycles. The van der Waals surface area contributed by atoms with Crippen molar-refractivity contribution in [3.05, 3.63) is 24.3 Å². The lowest BCUT2D eigenvalue weighted by Crippen LogP contribution is -2.41. The number of anilines is 1. The maximum Gasteiger partial charge on any atom is 0.442 e. The standard InChI is InChI=1S/C20H36N2O4SSi/c1-19(2,3)26-18(23)22-27(24,17-12-9-11-16(21)15-17)14-10-13-25-28(7,8)20(4,5)6/h9,11-12,15H,10,13-14,21H2,1-8H3. The number of hydrogen-bond donors (Lipinski definition) is 1. The first kappa shape index (κ1) is 24.7. The zero-order valence-electron chi connectivity index (χ0n) is 18.5. The average Bonchev–Trinajstić information content (AvgIpc) is 2.48. The summed E-state index contributed by atoms with van der Waals surface area (Å²) in [5.41, 5.74) is 5.61. The molecule has 1 aromatic carbocycles. The third-order valence-electron chi connectivity index (χ3n) is 4.68. The van der Waals surface area contributed by atoms with Crippen molar-refractivity contribution in [3.63, 3.8) is 0 Å². The van der Waals surface area contributed by atoms with Gasteiger partial charge in [0.25, 0.3) is 0 Å². The Morgan fingerprint density at radius 2 is 1.79 bits per heavy atom. The number of rotatable bonds is 6. The summed E-state index contributed by atoms with van der Waals surface area (Å²) in [4.78, 5) is 12.7. The van der Waals surface area contributed by atoms with Gasteiger partial charge in [-0.05, 0) is 63.5 Å². The van der Waals surface area contributed by atoms with Crippen LogP contribution in [0.4, 0.5) is 10.5 Å². The minimum absolute atomic E-state index is 0.100. The summed E-state index contributed by atoms with van der Waals surface area (Å²) in [5, 5.41) is 0.100. The number of ether oxygens (including phenoxy) is 1. The zero-order chi connectivity index (χ0) is 21.8. The van der Waals surface area contributed by atoms with Crippen molar-refractivity contribution in [3.8, 4) is 0 Å². The highest BCUT2D eigenvalue weighted by Gasteiger charge is 2.37. The molecule has 160 valence electrons. The van der Waals surface area contributed by atoms with Crippen LogP contribution < -0.4 is 5.73 Å². The molecule has 0 saturated carbocycles. The first-order valence-electron chi connectivity index (χ1n) is 9.53. The molecule has 0 aliphatic rings. The highest BCUT2D eigenvalue weighted by molar-refractivity contribution is 7.94. The Hall–Kier alpha value is -1.38. The molecule has 1 rings (SSSR count). The Kier molecular flexibility index (Phi) is 7.89. The van der Waals surface area contributed by atoms with E-state index in [4.69, 9.17) is 14.9 Å². The predicted octanol–water partition coefficient (Wildman–Crippen LogP) is 5.44. The maximum atomic E-state index is 13.6. The Labute approximate surface area is 171 Å². The van der Waals surface area contributed by atoms with E-state index in [-0.39, 0.29) is 10.8 Å². The summed E-state index contributed by atoms with van der Waals surface area (Å²) >= 11 is 0. The van der Waals surface area contributed by atoms with Gasteiger partial charge in [-0.2, -0.15) is 0 Å². The SMILES string of the molecule is CC(C)(C)OC(=O)N=S(=O)(CCCO[Si](C)(C)C(C)(C)C)c1cccc(N)c1. The van der Waals surface area contributed by atoms with E-state index in [1.165, 1.54) is 0 Å². The molecule has 8 heteroatoms. The van der Waals surface area contributed by atoms with Crippen LogP contribution in [0.15, 0.2) is 33.5 Å².